The molecule has 3 nitrogen and oxygen atoms in total. The van der Waals surface area contributed by atoms with Crippen molar-refractivity contribution in [1.29, 1.82) is 0 Å². The molecular formula is C9H9BrF3NO2S. The number of hydrogen-bond donors (Lipinski definition) is 0. The van der Waals surface area contributed by atoms with Gasteiger partial charge in [-0.25, -0.2) is 12.7 Å². The first-order valence-electron chi connectivity index (χ1n) is 4.36. The summed E-state index contributed by atoms with van der Waals surface area (Å²) in [5.74, 6) is 0. The van der Waals surface area contributed by atoms with Gasteiger partial charge in [-0.1, -0.05) is 15.9 Å². The summed E-state index contributed by atoms with van der Waals surface area (Å²) < 4.78 is 61.7. The SMILES string of the molecule is CN(C)S(=O)(=O)c1ccc(Br)c(C(F)(F)F)c1. The maximum Gasteiger partial charge on any atom is 0.417 e. The van der Waals surface area contributed by atoms with Crippen LogP contribution in [0, 0.1) is 0 Å². The van der Waals surface area contributed by atoms with Gasteiger partial charge in [0.2, 0.25) is 10.0 Å². The molecule has 0 aliphatic rings. The number of benzene rings is 1. The van der Waals surface area contributed by atoms with Crippen molar-refractivity contribution in [1.82, 2.24) is 4.31 Å². The summed E-state index contributed by atoms with van der Waals surface area (Å²) in [6, 6.07) is 2.80. The Kier molecular flexibility index (Phi) is 3.90. The second kappa shape index (κ2) is 4.58. The van der Waals surface area contributed by atoms with Gasteiger partial charge in [0.25, 0.3) is 0 Å². The van der Waals surface area contributed by atoms with Crippen LogP contribution >= 0.6 is 15.9 Å². The van der Waals surface area contributed by atoms with E-state index in [1.807, 2.05) is 0 Å². The quantitative estimate of drug-likeness (QED) is 0.835. The fourth-order valence-corrected chi connectivity index (χ4v) is 2.49. The lowest BCUT2D eigenvalue weighted by atomic mass is 10.2. The van der Waals surface area contributed by atoms with E-state index in [0.717, 1.165) is 16.4 Å². The molecule has 0 amide bonds. The molecule has 0 aromatic heterocycles. The molecule has 1 aromatic carbocycles. The number of rotatable bonds is 2. The van der Waals surface area contributed by atoms with Crippen LogP contribution in [0.25, 0.3) is 0 Å². The molecular weight excluding hydrogens is 323 g/mol. The lowest BCUT2D eigenvalue weighted by molar-refractivity contribution is -0.138. The van der Waals surface area contributed by atoms with E-state index in [1.165, 1.54) is 14.1 Å². The molecule has 96 valence electrons. The van der Waals surface area contributed by atoms with Gasteiger partial charge in [-0.05, 0) is 18.2 Å². The molecule has 1 aromatic rings. The average Bonchev–Trinajstić information content (AvgIpc) is 2.15. The maximum atomic E-state index is 12.6. The van der Waals surface area contributed by atoms with E-state index in [0.29, 0.717) is 6.07 Å². The molecule has 0 heterocycles. The molecule has 0 spiro atoms. The molecule has 0 saturated heterocycles. The van der Waals surface area contributed by atoms with Gasteiger partial charge in [-0.2, -0.15) is 13.2 Å². The van der Waals surface area contributed by atoms with Crippen LogP contribution in [0.4, 0.5) is 13.2 Å². The summed E-state index contributed by atoms with van der Waals surface area (Å²) in [7, 11) is -1.35. The monoisotopic (exact) mass is 331 g/mol. The summed E-state index contributed by atoms with van der Waals surface area (Å²) in [6.45, 7) is 0. The van der Waals surface area contributed by atoms with Crippen LogP contribution in [0.3, 0.4) is 0 Å². The van der Waals surface area contributed by atoms with Crippen LogP contribution < -0.4 is 0 Å². The zero-order chi connectivity index (χ0) is 13.4. The molecule has 0 radical (unpaired) electrons. The van der Waals surface area contributed by atoms with Crippen molar-refractivity contribution < 1.29 is 21.6 Å². The van der Waals surface area contributed by atoms with Crippen molar-refractivity contribution >= 4 is 26.0 Å². The Labute approximate surface area is 105 Å². The molecule has 0 N–H and O–H groups in total. The highest BCUT2D eigenvalue weighted by Crippen LogP contribution is 2.36. The maximum absolute atomic E-state index is 12.6. The van der Waals surface area contributed by atoms with Crippen LogP contribution in [0.15, 0.2) is 27.6 Å². The van der Waals surface area contributed by atoms with Crippen LogP contribution in [0.1, 0.15) is 5.56 Å². The van der Waals surface area contributed by atoms with E-state index in [4.69, 9.17) is 0 Å². The molecule has 17 heavy (non-hydrogen) atoms. The Hall–Kier alpha value is -0.600. The van der Waals surface area contributed by atoms with Crippen LogP contribution in [-0.4, -0.2) is 26.8 Å². The average molecular weight is 332 g/mol. The fourth-order valence-electron chi connectivity index (χ4n) is 1.09. The zero-order valence-corrected chi connectivity index (χ0v) is 11.3. The molecule has 1 rings (SSSR count). The van der Waals surface area contributed by atoms with E-state index in [9.17, 15) is 21.6 Å². The van der Waals surface area contributed by atoms with Gasteiger partial charge in [-0.3, -0.25) is 0 Å². The standard InChI is InChI=1S/C9H9BrF3NO2S/c1-14(2)17(15,16)6-3-4-8(10)7(5-6)9(11,12)13/h3-5H,1-2H3. The smallest absolute Gasteiger partial charge is 0.207 e. The Morgan fingerprint density at radius 2 is 1.76 bits per heavy atom. The lowest BCUT2D eigenvalue weighted by Gasteiger charge is -2.14. The molecule has 8 heteroatoms. The lowest BCUT2D eigenvalue weighted by Crippen LogP contribution is -2.22. The second-order valence-corrected chi connectivity index (χ2v) is 6.43. The summed E-state index contributed by atoms with van der Waals surface area (Å²) in [6.07, 6.45) is -4.60. The molecule has 0 fully saturated rings. The van der Waals surface area contributed by atoms with Crippen molar-refractivity contribution in [2.24, 2.45) is 0 Å². The highest BCUT2D eigenvalue weighted by atomic mass is 79.9. The highest BCUT2D eigenvalue weighted by Gasteiger charge is 2.34. The Morgan fingerprint density at radius 3 is 2.18 bits per heavy atom. The van der Waals surface area contributed by atoms with E-state index >= 15 is 0 Å². The Balaban J connectivity index is 3.43. The first-order chi connectivity index (χ1) is 7.56. The normalized spacial score (nSPS) is 13.1. The van der Waals surface area contributed by atoms with E-state index in [1.54, 1.807) is 0 Å². The minimum absolute atomic E-state index is 0.192. The number of halogens is 4. The van der Waals surface area contributed by atoms with E-state index in [2.05, 4.69) is 15.9 Å². The summed E-state index contributed by atoms with van der Waals surface area (Å²) >= 11 is 2.74. The topological polar surface area (TPSA) is 37.4 Å². The minimum Gasteiger partial charge on any atom is -0.207 e. The summed E-state index contributed by atoms with van der Waals surface area (Å²) in [5, 5.41) is 0. The van der Waals surface area contributed by atoms with Crippen LogP contribution in [-0.2, 0) is 16.2 Å². The zero-order valence-electron chi connectivity index (χ0n) is 8.92. The molecule has 0 bridgehead atoms. The number of nitrogens with zero attached hydrogens (tertiary/aromatic N) is 1. The van der Waals surface area contributed by atoms with Gasteiger partial charge in [0, 0.05) is 18.6 Å². The molecule has 0 aliphatic carbocycles. The highest BCUT2D eigenvalue weighted by molar-refractivity contribution is 9.10. The van der Waals surface area contributed by atoms with Gasteiger partial charge in [-0.15, -0.1) is 0 Å². The second-order valence-electron chi connectivity index (χ2n) is 3.43. The van der Waals surface area contributed by atoms with E-state index < -0.39 is 26.7 Å². The molecule has 0 saturated carbocycles. The van der Waals surface area contributed by atoms with Gasteiger partial charge in [0.05, 0.1) is 10.5 Å². The van der Waals surface area contributed by atoms with Crippen molar-refractivity contribution in [2.75, 3.05) is 14.1 Å². The number of sulfonamides is 1. The Morgan fingerprint density at radius 1 is 1.24 bits per heavy atom. The predicted molar refractivity (Wildman–Crippen MR) is 60.0 cm³/mol. The molecule has 0 atom stereocenters. The first kappa shape index (κ1) is 14.5. The number of alkyl halides is 3. The molecule has 0 unspecified atom stereocenters. The predicted octanol–water partition coefficient (Wildman–Crippen LogP) is 2.72. The summed E-state index contributed by atoms with van der Waals surface area (Å²) in [5.41, 5.74) is -1.01. The van der Waals surface area contributed by atoms with Crippen molar-refractivity contribution in [3.8, 4) is 0 Å². The fraction of sp³-hybridized carbons (Fsp3) is 0.333. The summed E-state index contributed by atoms with van der Waals surface area (Å²) in [4.78, 5) is -0.391. The van der Waals surface area contributed by atoms with Gasteiger partial charge in [0.15, 0.2) is 0 Å². The van der Waals surface area contributed by atoms with Crippen molar-refractivity contribution in [2.45, 2.75) is 11.1 Å². The minimum atomic E-state index is -4.60. The van der Waals surface area contributed by atoms with Gasteiger partial charge >= 0.3 is 6.18 Å². The van der Waals surface area contributed by atoms with Gasteiger partial charge < -0.3 is 0 Å². The number of hydrogen-bond acceptors (Lipinski definition) is 2. The van der Waals surface area contributed by atoms with Crippen molar-refractivity contribution in [3.63, 3.8) is 0 Å². The Bertz CT molecular complexity index is 526. The third-order valence-electron chi connectivity index (χ3n) is 2.02. The largest absolute Gasteiger partial charge is 0.417 e. The van der Waals surface area contributed by atoms with Crippen LogP contribution in [0.5, 0.6) is 0 Å². The van der Waals surface area contributed by atoms with Gasteiger partial charge in [0.1, 0.15) is 0 Å². The van der Waals surface area contributed by atoms with E-state index in [-0.39, 0.29) is 4.47 Å². The molecule has 0 aliphatic heterocycles. The third kappa shape index (κ3) is 2.99. The van der Waals surface area contributed by atoms with Crippen LogP contribution in [0.2, 0.25) is 0 Å². The first-order valence-corrected chi connectivity index (χ1v) is 6.59. The van der Waals surface area contributed by atoms with Crippen molar-refractivity contribution in [3.05, 3.63) is 28.2 Å². The third-order valence-corrected chi connectivity index (χ3v) is 4.52.